The summed E-state index contributed by atoms with van der Waals surface area (Å²) in [5, 5.41) is 0.646. The highest BCUT2D eigenvalue weighted by Crippen LogP contribution is 2.23. The van der Waals surface area contributed by atoms with Gasteiger partial charge in [0.05, 0.1) is 0 Å². The van der Waals surface area contributed by atoms with Crippen LogP contribution in [0.15, 0.2) is 30.3 Å². The number of rotatable bonds is 5. The Balaban J connectivity index is 1.32. The molecule has 2 saturated heterocycles. The predicted octanol–water partition coefficient (Wildman–Crippen LogP) is 3.16. The first-order valence-corrected chi connectivity index (χ1v) is 11.0. The lowest BCUT2D eigenvalue weighted by atomic mass is 10.1. The number of amides is 1. The SMILES string of the molecule is Cc1nc(N2CCCCC2)cc(N2CCN(C(=O)COc3ccc(Cl)cc3)CC2)n1. The van der Waals surface area contributed by atoms with Crippen molar-refractivity contribution in [1.82, 2.24) is 14.9 Å². The van der Waals surface area contributed by atoms with Gasteiger partial charge in [-0.1, -0.05) is 11.6 Å². The maximum absolute atomic E-state index is 12.5. The highest BCUT2D eigenvalue weighted by Gasteiger charge is 2.23. The molecule has 160 valence electrons. The normalized spacial score (nSPS) is 17.2. The van der Waals surface area contributed by atoms with Crippen LogP contribution in [-0.2, 0) is 4.79 Å². The first kappa shape index (κ1) is 20.7. The average molecular weight is 430 g/mol. The number of benzene rings is 1. The van der Waals surface area contributed by atoms with Crippen molar-refractivity contribution < 1.29 is 9.53 Å². The Labute approximate surface area is 182 Å². The molecule has 2 aliphatic rings. The molecular weight excluding hydrogens is 402 g/mol. The molecule has 0 bridgehead atoms. The van der Waals surface area contributed by atoms with Gasteiger partial charge in [0.2, 0.25) is 0 Å². The fourth-order valence-corrected chi connectivity index (χ4v) is 4.06. The molecule has 3 heterocycles. The van der Waals surface area contributed by atoms with Crippen LogP contribution in [0.25, 0.3) is 0 Å². The van der Waals surface area contributed by atoms with Gasteiger partial charge < -0.3 is 19.4 Å². The molecule has 7 nitrogen and oxygen atoms in total. The van der Waals surface area contributed by atoms with Crippen molar-refractivity contribution in [3.05, 3.63) is 41.2 Å². The minimum atomic E-state index is -0.00234. The maximum Gasteiger partial charge on any atom is 0.260 e. The fraction of sp³-hybridized carbons (Fsp3) is 0.500. The third-order valence-corrected chi connectivity index (χ3v) is 5.88. The van der Waals surface area contributed by atoms with Gasteiger partial charge in [0, 0.05) is 50.4 Å². The lowest BCUT2D eigenvalue weighted by Gasteiger charge is -2.36. The number of carbonyl (C=O) groups excluding carboxylic acids is 1. The zero-order valence-corrected chi connectivity index (χ0v) is 18.1. The predicted molar refractivity (Wildman–Crippen MR) is 119 cm³/mol. The quantitative estimate of drug-likeness (QED) is 0.727. The van der Waals surface area contributed by atoms with E-state index in [4.69, 9.17) is 16.3 Å². The summed E-state index contributed by atoms with van der Waals surface area (Å²) in [6.45, 7) is 6.93. The van der Waals surface area contributed by atoms with Gasteiger partial charge in [-0.25, -0.2) is 9.97 Å². The van der Waals surface area contributed by atoms with E-state index in [1.54, 1.807) is 24.3 Å². The van der Waals surface area contributed by atoms with E-state index in [1.807, 2.05) is 11.8 Å². The van der Waals surface area contributed by atoms with Crippen LogP contribution >= 0.6 is 11.6 Å². The highest BCUT2D eigenvalue weighted by molar-refractivity contribution is 6.30. The molecule has 30 heavy (non-hydrogen) atoms. The van der Waals surface area contributed by atoms with E-state index in [2.05, 4.69) is 25.8 Å². The van der Waals surface area contributed by atoms with Crippen molar-refractivity contribution >= 4 is 29.1 Å². The van der Waals surface area contributed by atoms with Crippen molar-refractivity contribution in [3.8, 4) is 5.75 Å². The smallest absolute Gasteiger partial charge is 0.260 e. The monoisotopic (exact) mass is 429 g/mol. The average Bonchev–Trinajstić information content (AvgIpc) is 2.79. The van der Waals surface area contributed by atoms with E-state index in [1.165, 1.54) is 19.3 Å². The molecule has 2 fully saturated rings. The van der Waals surface area contributed by atoms with Crippen LogP contribution in [0.1, 0.15) is 25.1 Å². The standard InChI is InChI=1S/C22H28ClN5O2/c1-17-24-20(26-9-3-2-4-10-26)15-21(25-17)27-11-13-28(14-12-27)22(29)16-30-19-7-5-18(23)6-8-19/h5-8,15H,2-4,9-14,16H2,1H3. The van der Waals surface area contributed by atoms with Gasteiger partial charge in [-0.2, -0.15) is 0 Å². The molecule has 0 aliphatic carbocycles. The van der Waals surface area contributed by atoms with E-state index in [0.29, 0.717) is 23.9 Å². The van der Waals surface area contributed by atoms with E-state index in [9.17, 15) is 4.79 Å². The fourth-order valence-electron chi connectivity index (χ4n) is 3.94. The van der Waals surface area contributed by atoms with Gasteiger partial charge in [0.25, 0.3) is 5.91 Å². The lowest BCUT2D eigenvalue weighted by molar-refractivity contribution is -0.133. The molecule has 0 spiro atoms. The number of carbonyl (C=O) groups is 1. The summed E-state index contributed by atoms with van der Waals surface area (Å²) in [6, 6.07) is 9.14. The molecule has 1 aromatic heterocycles. The van der Waals surface area contributed by atoms with Crippen molar-refractivity contribution in [1.29, 1.82) is 0 Å². The van der Waals surface area contributed by atoms with Crippen LogP contribution < -0.4 is 14.5 Å². The number of ether oxygens (including phenoxy) is 1. The number of piperidine rings is 1. The van der Waals surface area contributed by atoms with E-state index in [-0.39, 0.29) is 12.5 Å². The number of aromatic nitrogens is 2. The highest BCUT2D eigenvalue weighted by atomic mass is 35.5. The largest absolute Gasteiger partial charge is 0.484 e. The van der Waals surface area contributed by atoms with E-state index in [0.717, 1.165) is 43.6 Å². The van der Waals surface area contributed by atoms with Crippen LogP contribution in [0.2, 0.25) is 5.02 Å². The summed E-state index contributed by atoms with van der Waals surface area (Å²) >= 11 is 5.88. The zero-order valence-electron chi connectivity index (χ0n) is 17.4. The number of aryl methyl sites for hydroxylation is 1. The third kappa shape index (κ3) is 5.14. The number of anilines is 2. The number of piperazine rings is 1. The Morgan fingerprint density at radius 3 is 2.17 bits per heavy atom. The van der Waals surface area contributed by atoms with Crippen LogP contribution in [-0.4, -0.2) is 66.7 Å². The molecule has 1 aromatic carbocycles. The maximum atomic E-state index is 12.5. The van der Waals surface area contributed by atoms with Crippen molar-refractivity contribution in [2.45, 2.75) is 26.2 Å². The molecule has 0 N–H and O–H groups in total. The van der Waals surface area contributed by atoms with Crippen molar-refractivity contribution in [2.24, 2.45) is 0 Å². The second-order valence-electron chi connectivity index (χ2n) is 7.79. The summed E-state index contributed by atoms with van der Waals surface area (Å²) < 4.78 is 5.60. The van der Waals surface area contributed by atoms with Crippen LogP contribution in [0.3, 0.4) is 0 Å². The molecule has 0 radical (unpaired) electrons. The second-order valence-corrected chi connectivity index (χ2v) is 8.23. The number of halogens is 1. The van der Waals surface area contributed by atoms with Gasteiger partial charge in [0.15, 0.2) is 6.61 Å². The first-order chi connectivity index (χ1) is 14.6. The zero-order chi connectivity index (χ0) is 20.9. The Bertz CT molecular complexity index is 862. The van der Waals surface area contributed by atoms with E-state index >= 15 is 0 Å². The second kappa shape index (κ2) is 9.51. The molecule has 0 saturated carbocycles. The number of nitrogens with zero attached hydrogens (tertiary/aromatic N) is 5. The molecule has 2 aromatic rings. The Hall–Kier alpha value is -2.54. The van der Waals surface area contributed by atoms with Crippen LogP contribution in [0, 0.1) is 6.92 Å². The minimum absolute atomic E-state index is 0.00234. The Morgan fingerprint density at radius 2 is 1.53 bits per heavy atom. The molecule has 0 unspecified atom stereocenters. The number of hydrogen-bond acceptors (Lipinski definition) is 6. The molecular formula is C22H28ClN5O2. The van der Waals surface area contributed by atoms with Crippen molar-refractivity contribution in [2.75, 3.05) is 55.7 Å². The van der Waals surface area contributed by atoms with Crippen molar-refractivity contribution in [3.63, 3.8) is 0 Å². The van der Waals surface area contributed by atoms with Gasteiger partial charge in [-0.05, 0) is 50.5 Å². The van der Waals surface area contributed by atoms with Crippen LogP contribution in [0.5, 0.6) is 5.75 Å². The Morgan fingerprint density at radius 1 is 0.933 bits per heavy atom. The molecule has 1 amide bonds. The topological polar surface area (TPSA) is 61.8 Å². The summed E-state index contributed by atoms with van der Waals surface area (Å²) in [5.41, 5.74) is 0. The number of hydrogen-bond donors (Lipinski definition) is 0. The summed E-state index contributed by atoms with van der Waals surface area (Å²) in [4.78, 5) is 28.3. The van der Waals surface area contributed by atoms with Crippen LogP contribution in [0.4, 0.5) is 11.6 Å². The molecule has 2 aliphatic heterocycles. The Kier molecular flexibility index (Phi) is 6.57. The van der Waals surface area contributed by atoms with Gasteiger partial charge in [-0.15, -0.1) is 0 Å². The summed E-state index contributed by atoms with van der Waals surface area (Å²) in [5.74, 6) is 3.41. The lowest BCUT2D eigenvalue weighted by Crippen LogP contribution is -2.50. The first-order valence-electron chi connectivity index (χ1n) is 10.6. The molecule has 4 rings (SSSR count). The minimum Gasteiger partial charge on any atom is -0.484 e. The summed E-state index contributed by atoms with van der Waals surface area (Å²) in [7, 11) is 0. The van der Waals surface area contributed by atoms with Gasteiger partial charge in [0.1, 0.15) is 23.2 Å². The van der Waals surface area contributed by atoms with Gasteiger partial charge >= 0.3 is 0 Å². The van der Waals surface area contributed by atoms with E-state index < -0.39 is 0 Å². The summed E-state index contributed by atoms with van der Waals surface area (Å²) in [6.07, 6.45) is 3.74. The molecule has 8 heteroatoms. The van der Waals surface area contributed by atoms with Gasteiger partial charge in [-0.3, -0.25) is 4.79 Å². The molecule has 0 atom stereocenters. The third-order valence-electron chi connectivity index (χ3n) is 5.62.